The van der Waals surface area contributed by atoms with E-state index in [1.165, 1.54) is 27.2 Å². The molecule has 0 saturated carbocycles. The van der Waals surface area contributed by atoms with Gasteiger partial charge in [0, 0.05) is 19.0 Å². The van der Waals surface area contributed by atoms with Crippen LogP contribution in [0.25, 0.3) is 0 Å². The van der Waals surface area contributed by atoms with Crippen molar-refractivity contribution in [1.29, 1.82) is 0 Å². The number of piperidine rings is 1. The zero-order chi connectivity index (χ0) is 21.4. The minimum absolute atomic E-state index is 0.236. The molecule has 0 aromatic heterocycles. The molecular weight excluding hydrogens is 384 g/mol. The molecule has 0 unspecified atom stereocenters. The fourth-order valence-corrected chi connectivity index (χ4v) is 4.65. The van der Waals surface area contributed by atoms with Gasteiger partial charge >= 0.3 is 0 Å². The van der Waals surface area contributed by atoms with Gasteiger partial charge in [-0.25, -0.2) is 8.78 Å². The second-order valence-corrected chi connectivity index (χ2v) is 8.21. The third kappa shape index (κ3) is 3.64. The molecular formula is C25H25F2NO2. The van der Waals surface area contributed by atoms with Crippen molar-refractivity contribution < 1.29 is 18.7 Å². The van der Waals surface area contributed by atoms with Gasteiger partial charge in [-0.1, -0.05) is 47.6 Å². The van der Waals surface area contributed by atoms with Crippen LogP contribution in [0.3, 0.4) is 0 Å². The fraction of sp³-hybridized carbons (Fsp3) is 0.320. The SMILES string of the molecule is CC1=C[C@@H](c2ccccc2C)C(C2CCN(C(=O)c3c(F)ccc(O)c3F)CC2)=C1. The molecule has 5 heteroatoms. The number of phenols is 1. The quantitative estimate of drug-likeness (QED) is 0.727. The molecule has 2 aromatic rings. The molecule has 1 aliphatic heterocycles. The number of likely N-dealkylation sites (tertiary alicyclic amines) is 1. The maximum Gasteiger partial charge on any atom is 0.259 e. The Hall–Kier alpha value is -2.95. The van der Waals surface area contributed by atoms with Crippen LogP contribution in [0.5, 0.6) is 5.75 Å². The van der Waals surface area contributed by atoms with Gasteiger partial charge in [0.1, 0.15) is 11.4 Å². The highest BCUT2D eigenvalue weighted by atomic mass is 19.1. The third-order valence-electron chi connectivity index (χ3n) is 6.24. The predicted octanol–water partition coefficient (Wildman–Crippen LogP) is 5.50. The summed E-state index contributed by atoms with van der Waals surface area (Å²) in [5.74, 6) is -3.01. The van der Waals surface area contributed by atoms with E-state index in [1.807, 2.05) is 6.07 Å². The first-order valence-corrected chi connectivity index (χ1v) is 10.3. The Balaban J connectivity index is 1.50. The van der Waals surface area contributed by atoms with Crippen molar-refractivity contribution in [3.05, 3.63) is 88.0 Å². The number of halogens is 2. The van der Waals surface area contributed by atoms with E-state index in [1.54, 1.807) is 0 Å². The van der Waals surface area contributed by atoms with Crippen LogP contribution in [0.4, 0.5) is 8.78 Å². The van der Waals surface area contributed by atoms with E-state index >= 15 is 0 Å². The van der Waals surface area contributed by atoms with Gasteiger partial charge in [-0.2, -0.15) is 0 Å². The van der Waals surface area contributed by atoms with E-state index < -0.39 is 28.9 Å². The molecule has 2 aliphatic rings. The van der Waals surface area contributed by atoms with E-state index in [0.717, 1.165) is 25.0 Å². The number of hydrogen-bond acceptors (Lipinski definition) is 2. The van der Waals surface area contributed by atoms with Crippen molar-refractivity contribution in [2.24, 2.45) is 5.92 Å². The topological polar surface area (TPSA) is 40.5 Å². The summed E-state index contributed by atoms with van der Waals surface area (Å²) in [6, 6.07) is 10.2. The zero-order valence-corrected chi connectivity index (χ0v) is 17.2. The Labute approximate surface area is 175 Å². The third-order valence-corrected chi connectivity index (χ3v) is 6.24. The summed E-state index contributed by atoms with van der Waals surface area (Å²) >= 11 is 0. The molecule has 3 nitrogen and oxygen atoms in total. The molecule has 1 aliphatic carbocycles. The first kappa shape index (κ1) is 20.3. The van der Waals surface area contributed by atoms with Crippen LogP contribution in [0, 0.1) is 24.5 Å². The molecule has 1 atom stereocenters. The Morgan fingerprint density at radius 2 is 1.77 bits per heavy atom. The Morgan fingerprint density at radius 1 is 1.07 bits per heavy atom. The number of aryl methyl sites for hydroxylation is 1. The van der Waals surface area contributed by atoms with Crippen LogP contribution in [-0.4, -0.2) is 29.0 Å². The lowest BCUT2D eigenvalue weighted by Gasteiger charge is -2.34. The van der Waals surface area contributed by atoms with Crippen LogP contribution in [0.15, 0.2) is 59.7 Å². The number of allylic oxidation sites excluding steroid dienone is 4. The molecule has 0 radical (unpaired) electrons. The van der Waals surface area contributed by atoms with Gasteiger partial charge in [0.05, 0.1) is 0 Å². The van der Waals surface area contributed by atoms with E-state index in [-0.39, 0.29) is 5.92 Å². The van der Waals surface area contributed by atoms with Crippen molar-refractivity contribution in [3.8, 4) is 5.75 Å². The molecule has 2 aromatic carbocycles. The maximum atomic E-state index is 14.2. The number of carbonyl (C=O) groups excluding carboxylic acids is 1. The lowest BCUT2D eigenvalue weighted by atomic mass is 9.79. The summed E-state index contributed by atoms with van der Waals surface area (Å²) in [5, 5.41) is 9.52. The summed E-state index contributed by atoms with van der Waals surface area (Å²) in [4.78, 5) is 14.2. The molecule has 1 N–H and O–H groups in total. The second-order valence-electron chi connectivity index (χ2n) is 8.21. The molecule has 0 spiro atoms. The lowest BCUT2D eigenvalue weighted by Crippen LogP contribution is -2.40. The number of rotatable bonds is 3. The van der Waals surface area contributed by atoms with Gasteiger partial charge in [-0.15, -0.1) is 0 Å². The number of aromatic hydroxyl groups is 1. The maximum absolute atomic E-state index is 14.2. The van der Waals surface area contributed by atoms with E-state index in [2.05, 4.69) is 44.2 Å². The van der Waals surface area contributed by atoms with E-state index in [4.69, 9.17) is 0 Å². The molecule has 1 fully saturated rings. The van der Waals surface area contributed by atoms with Crippen LogP contribution in [-0.2, 0) is 0 Å². The van der Waals surface area contributed by atoms with Gasteiger partial charge < -0.3 is 10.0 Å². The van der Waals surface area contributed by atoms with Gasteiger partial charge in [0.2, 0.25) is 0 Å². The van der Waals surface area contributed by atoms with Crippen LogP contribution in [0.2, 0.25) is 0 Å². The van der Waals surface area contributed by atoms with Gasteiger partial charge in [-0.3, -0.25) is 4.79 Å². The summed E-state index contributed by atoms with van der Waals surface area (Å²) in [6.07, 6.45) is 6.01. The number of carbonyl (C=O) groups is 1. The number of nitrogens with zero attached hydrogens (tertiary/aromatic N) is 1. The minimum Gasteiger partial charge on any atom is -0.505 e. The highest BCUT2D eigenvalue weighted by Crippen LogP contribution is 2.42. The Kier molecular flexibility index (Phi) is 5.46. The number of amides is 1. The largest absolute Gasteiger partial charge is 0.505 e. The van der Waals surface area contributed by atoms with Crippen molar-refractivity contribution in [1.82, 2.24) is 4.90 Å². The average molecular weight is 409 g/mol. The minimum atomic E-state index is -1.19. The molecule has 156 valence electrons. The van der Waals surface area contributed by atoms with Gasteiger partial charge in [0.25, 0.3) is 5.91 Å². The summed E-state index contributed by atoms with van der Waals surface area (Å²) < 4.78 is 28.2. The standard InChI is InChI=1S/C25H25F2NO2/c1-15-13-19(20(14-15)18-6-4-3-5-16(18)2)17-9-11-28(12-10-17)25(30)23-21(26)7-8-22(29)24(23)27/h3-8,13-14,17,20,29H,9-12H2,1-2H3/t20-/m0/s1. The van der Waals surface area contributed by atoms with Crippen LogP contribution >= 0.6 is 0 Å². The number of hydrogen-bond donors (Lipinski definition) is 1. The first-order valence-electron chi connectivity index (χ1n) is 10.3. The number of phenolic OH excluding ortho intramolecular Hbond substituents is 1. The molecule has 1 saturated heterocycles. The molecule has 4 rings (SSSR count). The Bertz CT molecular complexity index is 1050. The van der Waals surface area contributed by atoms with Gasteiger partial charge in [0.15, 0.2) is 11.6 Å². The monoisotopic (exact) mass is 409 g/mol. The smallest absolute Gasteiger partial charge is 0.259 e. The Morgan fingerprint density at radius 3 is 2.47 bits per heavy atom. The molecule has 1 amide bonds. The normalized spacial score (nSPS) is 19.6. The van der Waals surface area contributed by atoms with Crippen LogP contribution < -0.4 is 0 Å². The average Bonchev–Trinajstić information content (AvgIpc) is 3.13. The second kappa shape index (κ2) is 8.05. The van der Waals surface area contributed by atoms with Crippen molar-refractivity contribution in [3.63, 3.8) is 0 Å². The van der Waals surface area contributed by atoms with Crippen molar-refractivity contribution >= 4 is 5.91 Å². The van der Waals surface area contributed by atoms with Crippen molar-refractivity contribution in [2.75, 3.05) is 13.1 Å². The van der Waals surface area contributed by atoms with Crippen molar-refractivity contribution in [2.45, 2.75) is 32.6 Å². The highest BCUT2D eigenvalue weighted by molar-refractivity contribution is 5.95. The lowest BCUT2D eigenvalue weighted by molar-refractivity contribution is 0.0690. The molecule has 0 bridgehead atoms. The van der Waals surface area contributed by atoms with Gasteiger partial charge in [-0.05, 0) is 55.9 Å². The van der Waals surface area contributed by atoms with Crippen LogP contribution in [0.1, 0.15) is 47.2 Å². The molecule has 30 heavy (non-hydrogen) atoms. The van der Waals surface area contributed by atoms with E-state index in [9.17, 15) is 18.7 Å². The summed E-state index contributed by atoms with van der Waals surface area (Å²) in [7, 11) is 0. The first-order chi connectivity index (χ1) is 14.4. The predicted molar refractivity (Wildman–Crippen MR) is 112 cm³/mol. The number of benzene rings is 2. The zero-order valence-electron chi connectivity index (χ0n) is 17.2. The summed E-state index contributed by atoms with van der Waals surface area (Å²) in [6.45, 7) is 5.07. The fourth-order valence-electron chi connectivity index (χ4n) is 4.65. The summed E-state index contributed by atoms with van der Waals surface area (Å²) in [5.41, 5.74) is 4.46. The molecule has 1 heterocycles. The van der Waals surface area contributed by atoms with E-state index in [0.29, 0.717) is 19.0 Å². The highest BCUT2D eigenvalue weighted by Gasteiger charge is 2.33.